The maximum absolute atomic E-state index is 5.56. The summed E-state index contributed by atoms with van der Waals surface area (Å²) in [7, 11) is 0. The van der Waals surface area contributed by atoms with Gasteiger partial charge in [-0.05, 0) is 25.2 Å². The van der Waals surface area contributed by atoms with E-state index in [0.717, 1.165) is 26.1 Å². The lowest BCUT2D eigenvalue weighted by atomic mass is 10.0. The highest BCUT2D eigenvalue weighted by Crippen LogP contribution is 2.19. The highest BCUT2D eigenvalue weighted by Gasteiger charge is 2.10. The third-order valence-electron chi connectivity index (χ3n) is 3.11. The molecule has 116 valence electrons. The standard InChI is InChI=1S/C15H31BrO3/c1-4-6-8-17-10-12-19-13-11-18-9-7-14(3)15(16)5-2/h14-15H,4-13H2,1-3H3. The molecule has 0 N–H and O–H groups in total. The van der Waals surface area contributed by atoms with Crippen molar-refractivity contribution in [1.82, 2.24) is 0 Å². The van der Waals surface area contributed by atoms with E-state index in [-0.39, 0.29) is 0 Å². The average molecular weight is 339 g/mol. The summed E-state index contributed by atoms with van der Waals surface area (Å²) in [4.78, 5) is 0.604. The molecule has 0 aromatic carbocycles. The van der Waals surface area contributed by atoms with Crippen molar-refractivity contribution in [2.24, 2.45) is 5.92 Å². The largest absolute Gasteiger partial charge is 0.379 e. The van der Waals surface area contributed by atoms with Gasteiger partial charge in [-0.15, -0.1) is 0 Å². The zero-order valence-corrected chi connectivity index (χ0v) is 14.4. The van der Waals surface area contributed by atoms with Crippen LogP contribution in [0.15, 0.2) is 0 Å². The molecule has 0 aliphatic rings. The van der Waals surface area contributed by atoms with Crippen LogP contribution in [0.5, 0.6) is 0 Å². The topological polar surface area (TPSA) is 27.7 Å². The molecule has 0 aromatic rings. The minimum atomic E-state index is 0.604. The van der Waals surface area contributed by atoms with Crippen LogP contribution in [-0.2, 0) is 14.2 Å². The number of halogens is 1. The molecular weight excluding hydrogens is 308 g/mol. The molecule has 0 aliphatic heterocycles. The van der Waals surface area contributed by atoms with Gasteiger partial charge >= 0.3 is 0 Å². The van der Waals surface area contributed by atoms with Crippen LogP contribution in [0.2, 0.25) is 0 Å². The van der Waals surface area contributed by atoms with E-state index in [1.165, 1.54) is 12.8 Å². The summed E-state index contributed by atoms with van der Waals surface area (Å²) in [6.45, 7) is 11.0. The summed E-state index contributed by atoms with van der Waals surface area (Å²) in [5, 5.41) is 0. The third kappa shape index (κ3) is 13.1. The van der Waals surface area contributed by atoms with Gasteiger partial charge in [0.2, 0.25) is 0 Å². The molecule has 0 spiro atoms. The Morgan fingerprint density at radius 2 is 1.37 bits per heavy atom. The zero-order chi connectivity index (χ0) is 14.3. The van der Waals surface area contributed by atoms with E-state index < -0.39 is 0 Å². The Morgan fingerprint density at radius 1 is 0.842 bits per heavy atom. The Kier molecular flexibility index (Phi) is 15.0. The molecule has 0 radical (unpaired) electrons. The Labute approximate surface area is 127 Å². The van der Waals surface area contributed by atoms with Gasteiger partial charge in [0.1, 0.15) is 0 Å². The monoisotopic (exact) mass is 338 g/mol. The first-order valence-electron chi connectivity index (χ1n) is 7.59. The predicted molar refractivity (Wildman–Crippen MR) is 84.2 cm³/mol. The molecule has 0 saturated carbocycles. The first-order chi connectivity index (χ1) is 9.22. The van der Waals surface area contributed by atoms with Gasteiger partial charge in [0.15, 0.2) is 0 Å². The molecule has 3 nitrogen and oxygen atoms in total. The molecule has 0 rings (SSSR count). The molecule has 4 heteroatoms. The van der Waals surface area contributed by atoms with Gasteiger partial charge in [-0.3, -0.25) is 0 Å². The Bertz CT molecular complexity index is 179. The normalized spacial score (nSPS) is 14.5. The molecule has 2 unspecified atom stereocenters. The van der Waals surface area contributed by atoms with Crippen molar-refractivity contribution >= 4 is 15.9 Å². The maximum Gasteiger partial charge on any atom is 0.0701 e. The molecule has 2 atom stereocenters. The predicted octanol–water partition coefficient (Wildman–Crippen LogP) is 4.04. The average Bonchev–Trinajstić information content (AvgIpc) is 2.43. The van der Waals surface area contributed by atoms with Crippen LogP contribution in [0.3, 0.4) is 0 Å². The van der Waals surface area contributed by atoms with Crippen molar-refractivity contribution in [3.8, 4) is 0 Å². The second-order valence-corrected chi connectivity index (χ2v) is 6.06. The fourth-order valence-corrected chi connectivity index (χ4v) is 1.91. The molecule has 0 bridgehead atoms. The summed E-state index contributed by atoms with van der Waals surface area (Å²) in [5.74, 6) is 0.665. The summed E-state index contributed by atoms with van der Waals surface area (Å²) in [6.07, 6.45) is 4.58. The number of unbranched alkanes of at least 4 members (excludes halogenated alkanes) is 1. The molecule has 0 aromatic heterocycles. The first kappa shape index (κ1) is 19.4. The summed E-state index contributed by atoms with van der Waals surface area (Å²) < 4.78 is 16.4. The van der Waals surface area contributed by atoms with Gasteiger partial charge in [0.05, 0.1) is 26.4 Å². The van der Waals surface area contributed by atoms with Crippen LogP contribution >= 0.6 is 15.9 Å². The number of rotatable bonds is 14. The third-order valence-corrected chi connectivity index (χ3v) is 4.66. The van der Waals surface area contributed by atoms with Crippen molar-refractivity contribution in [3.63, 3.8) is 0 Å². The van der Waals surface area contributed by atoms with Crippen molar-refractivity contribution in [2.45, 2.75) is 51.3 Å². The number of alkyl halides is 1. The highest BCUT2D eigenvalue weighted by molar-refractivity contribution is 9.09. The Morgan fingerprint density at radius 3 is 1.89 bits per heavy atom. The van der Waals surface area contributed by atoms with Gasteiger partial charge < -0.3 is 14.2 Å². The van der Waals surface area contributed by atoms with Gasteiger partial charge in [-0.2, -0.15) is 0 Å². The fraction of sp³-hybridized carbons (Fsp3) is 1.00. The molecule has 0 saturated heterocycles. The number of hydrogen-bond acceptors (Lipinski definition) is 3. The first-order valence-corrected chi connectivity index (χ1v) is 8.51. The second-order valence-electron chi connectivity index (χ2n) is 4.88. The van der Waals surface area contributed by atoms with Crippen LogP contribution < -0.4 is 0 Å². The van der Waals surface area contributed by atoms with Gasteiger partial charge in [-0.25, -0.2) is 0 Å². The molecule has 0 aliphatic carbocycles. The van der Waals surface area contributed by atoms with Crippen molar-refractivity contribution in [3.05, 3.63) is 0 Å². The lowest BCUT2D eigenvalue weighted by Crippen LogP contribution is -2.14. The van der Waals surface area contributed by atoms with Crippen LogP contribution in [-0.4, -0.2) is 44.5 Å². The minimum Gasteiger partial charge on any atom is -0.379 e. The van der Waals surface area contributed by atoms with Gasteiger partial charge in [0.25, 0.3) is 0 Å². The van der Waals surface area contributed by atoms with E-state index in [2.05, 4.69) is 36.7 Å². The minimum absolute atomic E-state index is 0.604. The van der Waals surface area contributed by atoms with E-state index >= 15 is 0 Å². The SMILES string of the molecule is CCCCOCCOCCOCCC(C)C(Br)CC. The quantitative estimate of drug-likeness (QED) is 0.353. The van der Waals surface area contributed by atoms with Crippen molar-refractivity contribution in [1.29, 1.82) is 0 Å². The van der Waals surface area contributed by atoms with E-state index in [0.29, 0.717) is 37.2 Å². The van der Waals surface area contributed by atoms with Gasteiger partial charge in [-0.1, -0.05) is 43.1 Å². The van der Waals surface area contributed by atoms with Crippen molar-refractivity contribution in [2.75, 3.05) is 39.6 Å². The summed E-state index contributed by atoms with van der Waals surface area (Å²) in [6, 6.07) is 0. The molecule has 0 amide bonds. The maximum atomic E-state index is 5.56. The molecular formula is C15H31BrO3. The number of hydrogen-bond donors (Lipinski definition) is 0. The van der Waals surface area contributed by atoms with Crippen LogP contribution in [0.4, 0.5) is 0 Å². The lowest BCUT2D eigenvalue weighted by Gasteiger charge is -2.16. The Hall–Kier alpha value is 0.360. The number of ether oxygens (including phenoxy) is 3. The van der Waals surface area contributed by atoms with Crippen LogP contribution in [0, 0.1) is 5.92 Å². The van der Waals surface area contributed by atoms with Crippen LogP contribution in [0.1, 0.15) is 46.5 Å². The van der Waals surface area contributed by atoms with Crippen LogP contribution in [0.25, 0.3) is 0 Å². The van der Waals surface area contributed by atoms with Gasteiger partial charge in [0, 0.05) is 18.0 Å². The molecule has 19 heavy (non-hydrogen) atoms. The lowest BCUT2D eigenvalue weighted by molar-refractivity contribution is 0.0121. The van der Waals surface area contributed by atoms with E-state index in [1.54, 1.807) is 0 Å². The molecule has 0 heterocycles. The van der Waals surface area contributed by atoms with E-state index in [9.17, 15) is 0 Å². The van der Waals surface area contributed by atoms with Crippen molar-refractivity contribution < 1.29 is 14.2 Å². The summed E-state index contributed by atoms with van der Waals surface area (Å²) in [5.41, 5.74) is 0. The summed E-state index contributed by atoms with van der Waals surface area (Å²) >= 11 is 3.68. The zero-order valence-electron chi connectivity index (χ0n) is 12.8. The fourth-order valence-electron chi connectivity index (χ4n) is 1.64. The van der Waals surface area contributed by atoms with E-state index in [4.69, 9.17) is 14.2 Å². The van der Waals surface area contributed by atoms with E-state index in [1.807, 2.05) is 0 Å². The molecule has 0 fully saturated rings. The second kappa shape index (κ2) is 14.8. The Balaban J connectivity index is 3.10. The smallest absolute Gasteiger partial charge is 0.0701 e. The highest BCUT2D eigenvalue weighted by atomic mass is 79.9.